The van der Waals surface area contributed by atoms with Crippen LogP contribution < -0.4 is 5.32 Å². The Morgan fingerprint density at radius 2 is 1.74 bits per heavy atom. The van der Waals surface area contributed by atoms with E-state index in [9.17, 15) is 9.59 Å². The van der Waals surface area contributed by atoms with Gasteiger partial charge in [-0.2, -0.15) is 5.10 Å². The van der Waals surface area contributed by atoms with Gasteiger partial charge in [-0.1, -0.05) is 18.2 Å². The maximum Gasteiger partial charge on any atom is 0.328 e. The molecule has 140 valence electrons. The Bertz CT molecular complexity index is 936. The van der Waals surface area contributed by atoms with E-state index in [0.717, 1.165) is 22.1 Å². The van der Waals surface area contributed by atoms with E-state index in [1.807, 2.05) is 43.3 Å². The van der Waals surface area contributed by atoms with Gasteiger partial charge in [-0.3, -0.25) is 9.69 Å². The lowest BCUT2D eigenvalue weighted by Gasteiger charge is -2.38. The lowest BCUT2D eigenvalue weighted by atomic mass is 10.1. The van der Waals surface area contributed by atoms with Gasteiger partial charge in [-0.05, 0) is 19.1 Å². The molecule has 3 amide bonds. The molecule has 3 heterocycles. The highest BCUT2D eigenvalue weighted by molar-refractivity contribution is 6.05. The SMILES string of the molecule is Cc1cc(NC2=NC3C(C(=O)N(C)C(=O)N3C)N2C)n(-c2ccccc2)n1. The summed E-state index contributed by atoms with van der Waals surface area (Å²) in [6.07, 6.45) is -0.553. The number of fused-ring (bicyclic) bond motifs is 1. The van der Waals surface area contributed by atoms with E-state index < -0.39 is 12.2 Å². The van der Waals surface area contributed by atoms with Crippen molar-refractivity contribution in [3.63, 3.8) is 0 Å². The molecule has 2 aromatic rings. The van der Waals surface area contributed by atoms with Crippen LogP contribution >= 0.6 is 0 Å². The normalized spacial score (nSPS) is 22.2. The van der Waals surface area contributed by atoms with Crippen molar-refractivity contribution in [3.05, 3.63) is 42.1 Å². The number of para-hydroxylation sites is 1. The average molecular weight is 367 g/mol. The minimum absolute atomic E-state index is 0.265. The predicted octanol–water partition coefficient (Wildman–Crippen LogP) is 1.11. The number of aromatic nitrogens is 2. The number of anilines is 1. The highest BCUT2D eigenvalue weighted by Crippen LogP contribution is 2.27. The van der Waals surface area contributed by atoms with Crippen LogP contribution in [0, 0.1) is 6.92 Å². The molecule has 0 spiro atoms. The third-order valence-corrected chi connectivity index (χ3v) is 4.93. The molecule has 2 aliphatic heterocycles. The molecular weight excluding hydrogens is 346 g/mol. The minimum Gasteiger partial charge on any atom is -0.330 e. The minimum atomic E-state index is -0.553. The number of carbonyl (C=O) groups is 2. The average Bonchev–Trinajstić information content (AvgIpc) is 3.19. The van der Waals surface area contributed by atoms with Crippen LogP contribution in [0.15, 0.2) is 41.4 Å². The van der Waals surface area contributed by atoms with E-state index in [1.165, 1.54) is 11.9 Å². The zero-order valence-electron chi connectivity index (χ0n) is 15.6. The first-order valence-corrected chi connectivity index (χ1v) is 8.62. The lowest BCUT2D eigenvalue weighted by molar-refractivity contribution is -0.135. The standard InChI is InChI=1S/C18H21N7O2/c1-11-10-13(25(21-11)12-8-6-5-7-9-12)19-17-20-15-14(22(17)2)16(26)24(4)18(27)23(15)3/h5-10,14-15H,1-4H3,(H,19,20). The molecule has 0 radical (unpaired) electrons. The number of amides is 3. The molecule has 1 saturated heterocycles. The van der Waals surface area contributed by atoms with Gasteiger partial charge in [-0.15, -0.1) is 0 Å². The van der Waals surface area contributed by atoms with Crippen molar-refractivity contribution in [2.24, 2.45) is 4.99 Å². The molecule has 0 bridgehead atoms. The summed E-state index contributed by atoms with van der Waals surface area (Å²) in [6.45, 7) is 1.91. The van der Waals surface area contributed by atoms with Crippen molar-refractivity contribution in [3.8, 4) is 5.69 Å². The molecule has 4 rings (SSSR count). The van der Waals surface area contributed by atoms with Gasteiger partial charge >= 0.3 is 6.03 Å². The number of hydrogen-bond acceptors (Lipinski definition) is 6. The number of likely N-dealkylation sites (N-methyl/N-ethyl adjacent to an activating group) is 3. The van der Waals surface area contributed by atoms with Gasteiger partial charge in [0, 0.05) is 27.2 Å². The summed E-state index contributed by atoms with van der Waals surface area (Å²) < 4.78 is 1.79. The third-order valence-electron chi connectivity index (χ3n) is 4.93. The molecule has 9 heteroatoms. The highest BCUT2D eigenvalue weighted by Gasteiger charge is 2.50. The molecule has 27 heavy (non-hydrogen) atoms. The van der Waals surface area contributed by atoms with Crippen LogP contribution in [0.3, 0.4) is 0 Å². The summed E-state index contributed by atoms with van der Waals surface area (Å²) in [5.41, 5.74) is 1.76. The number of nitrogens with one attached hydrogen (secondary N) is 1. The Morgan fingerprint density at radius 3 is 2.44 bits per heavy atom. The summed E-state index contributed by atoms with van der Waals surface area (Å²) in [7, 11) is 4.94. The monoisotopic (exact) mass is 367 g/mol. The number of hydrogen-bond donors (Lipinski definition) is 1. The van der Waals surface area contributed by atoms with Crippen molar-refractivity contribution in [2.45, 2.75) is 19.1 Å². The number of urea groups is 1. The van der Waals surface area contributed by atoms with E-state index >= 15 is 0 Å². The Morgan fingerprint density at radius 1 is 1.04 bits per heavy atom. The molecule has 1 fully saturated rings. The Balaban J connectivity index is 1.67. The number of aryl methyl sites for hydroxylation is 1. The van der Waals surface area contributed by atoms with Crippen molar-refractivity contribution < 1.29 is 9.59 Å². The number of aliphatic imine (C=N–C) groups is 1. The quantitative estimate of drug-likeness (QED) is 0.859. The smallest absolute Gasteiger partial charge is 0.328 e. The van der Waals surface area contributed by atoms with Crippen LogP contribution in [0.25, 0.3) is 5.69 Å². The molecule has 1 N–H and O–H groups in total. The van der Waals surface area contributed by atoms with Crippen LogP contribution in [0.4, 0.5) is 10.6 Å². The van der Waals surface area contributed by atoms with Crippen LogP contribution in [0.1, 0.15) is 5.69 Å². The van der Waals surface area contributed by atoms with Crippen molar-refractivity contribution in [1.29, 1.82) is 0 Å². The molecule has 1 aromatic carbocycles. The molecule has 0 aliphatic carbocycles. The fourth-order valence-corrected chi connectivity index (χ4v) is 3.44. The van der Waals surface area contributed by atoms with E-state index in [2.05, 4.69) is 15.4 Å². The van der Waals surface area contributed by atoms with Crippen molar-refractivity contribution >= 4 is 23.7 Å². The van der Waals surface area contributed by atoms with Crippen LogP contribution in [0.2, 0.25) is 0 Å². The topological polar surface area (TPSA) is 86.1 Å². The predicted molar refractivity (Wildman–Crippen MR) is 101 cm³/mol. The lowest BCUT2D eigenvalue weighted by Crippen LogP contribution is -2.63. The summed E-state index contributed by atoms with van der Waals surface area (Å²) in [6, 6.07) is 10.8. The van der Waals surface area contributed by atoms with Gasteiger partial charge in [0.25, 0.3) is 5.91 Å². The second-order valence-corrected chi connectivity index (χ2v) is 6.76. The summed E-state index contributed by atoms with van der Waals surface area (Å²) >= 11 is 0. The number of rotatable bonds is 2. The maximum atomic E-state index is 12.6. The zero-order chi connectivity index (χ0) is 19.3. The van der Waals surface area contributed by atoms with Crippen molar-refractivity contribution in [1.82, 2.24) is 24.5 Å². The summed E-state index contributed by atoms with van der Waals surface area (Å²) in [4.78, 5) is 33.8. The first-order valence-electron chi connectivity index (χ1n) is 8.62. The van der Waals surface area contributed by atoms with Gasteiger partial charge in [0.1, 0.15) is 5.82 Å². The van der Waals surface area contributed by atoms with Crippen LogP contribution in [-0.2, 0) is 4.79 Å². The first kappa shape index (κ1) is 17.1. The second-order valence-electron chi connectivity index (χ2n) is 6.76. The van der Waals surface area contributed by atoms with Crippen molar-refractivity contribution in [2.75, 3.05) is 26.5 Å². The summed E-state index contributed by atoms with van der Waals surface area (Å²) in [5, 5.41) is 7.81. The van der Waals surface area contributed by atoms with Crippen LogP contribution in [0.5, 0.6) is 0 Å². The Labute approximate surface area is 156 Å². The fourth-order valence-electron chi connectivity index (χ4n) is 3.44. The van der Waals surface area contributed by atoms with E-state index in [-0.39, 0.29) is 11.9 Å². The van der Waals surface area contributed by atoms with Crippen LogP contribution in [-0.4, -0.2) is 75.7 Å². The molecule has 2 atom stereocenters. The molecule has 9 nitrogen and oxygen atoms in total. The van der Waals surface area contributed by atoms with E-state index in [1.54, 1.807) is 23.7 Å². The molecule has 1 aromatic heterocycles. The molecular formula is C18H21N7O2. The highest BCUT2D eigenvalue weighted by atomic mass is 16.2. The largest absolute Gasteiger partial charge is 0.330 e. The third kappa shape index (κ3) is 2.62. The number of carbonyl (C=O) groups excluding carboxylic acids is 2. The number of guanidine groups is 1. The van der Waals surface area contributed by atoms with Gasteiger partial charge in [0.15, 0.2) is 12.2 Å². The van der Waals surface area contributed by atoms with E-state index in [0.29, 0.717) is 5.96 Å². The van der Waals surface area contributed by atoms with E-state index in [4.69, 9.17) is 0 Å². The molecule has 0 saturated carbocycles. The van der Waals surface area contributed by atoms with Gasteiger partial charge < -0.3 is 15.1 Å². The Hall–Kier alpha value is -3.36. The number of benzene rings is 1. The van der Waals surface area contributed by atoms with Gasteiger partial charge in [-0.25, -0.2) is 14.5 Å². The first-order chi connectivity index (χ1) is 12.9. The van der Waals surface area contributed by atoms with Gasteiger partial charge in [0.2, 0.25) is 5.96 Å². The maximum absolute atomic E-state index is 12.6. The Kier molecular flexibility index (Phi) is 3.87. The summed E-state index contributed by atoms with van der Waals surface area (Å²) in [5.74, 6) is 0.988. The zero-order valence-corrected chi connectivity index (χ0v) is 15.6. The fraction of sp³-hybridized carbons (Fsp3) is 0.333. The molecule has 2 aliphatic rings. The van der Waals surface area contributed by atoms with Gasteiger partial charge in [0.05, 0.1) is 11.4 Å². The number of imide groups is 1. The second kappa shape index (κ2) is 6.11. The molecule has 2 unspecified atom stereocenters. The number of nitrogens with zero attached hydrogens (tertiary/aromatic N) is 6.